The summed E-state index contributed by atoms with van der Waals surface area (Å²) in [4.78, 5) is 41.1. The van der Waals surface area contributed by atoms with Gasteiger partial charge in [0.1, 0.15) is 10.7 Å². The Hall–Kier alpha value is -3.12. The summed E-state index contributed by atoms with van der Waals surface area (Å²) in [7, 11) is 1.74. The Bertz CT molecular complexity index is 1040. The minimum Gasteiger partial charge on any atom is -0.375 e. The van der Waals surface area contributed by atoms with Crippen LogP contribution in [0, 0.1) is 0 Å². The number of rotatable bonds is 6. The number of carbonyl (C=O) groups excluding carboxylic acids is 3. The molecule has 7 heteroatoms. The summed E-state index contributed by atoms with van der Waals surface area (Å²) in [6.45, 7) is 0.325. The zero-order valence-corrected chi connectivity index (χ0v) is 18.8. The molecule has 1 heterocycles. The smallest absolute Gasteiger partial charge is 0.278 e. The van der Waals surface area contributed by atoms with Gasteiger partial charge in [0, 0.05) is 30.9 Å². The molecule has 4 rings (SSSR count). The average molecular weight is 452 g/mol. The zero-order valence-electron chi connectivity index (χ0n) is 18.0. The van der Waals surface area contributed by atoms with Crippen LogP contribution in [-0.2, 0) is 16.1 Å². The van der Waals surface area contributed by atoms with Crippen LogP contribution in [0.1, 0.15) is 48.0 Å². The number of nitrogens with zero attached hydrogens (tertiary/aromatic N) is 2. The molecule has 0 aromatic heterocycles. The van der Waals surface area contributed by atoms with E-state index in [2.05, 4.69) is 5.32 Å². The van der Waals surface area contributed by atoms with Crippen molar-refractivity contribution >= 4 is 35.0 Å². The quantitative estimate of drug-likeness (QED) is 0.668. The predicted octanol–water partition coefficient (Wildman–Crippen LogP) is 4.20. The average Bonchev–Trinajstić information content (AvgIpc) is 3.05. The maximum absolute atomic E-state index is 12.9. The molecule has 3 amide bonds. The maximum Gasteiger partial charge on any atom is 0.278 e. The molecule has 2 aliphatic rings. The summed E-state index contributed by atoms with van der Waals surface area (Å²) >= 11 is 6.22. The van der Waals surface area contributed by atoms with Crippen LogP contribution in [0.5, 0.6) is 0 Å². The van der Waals surface area contributed by atoms with Gasteiger partial charge in [-0.05, 0) is 42.7 Å². The van der Waals surface area contributed by atoms with Crippen molar-refractivity contribution in [3.63, 3.8) is 0 Å². The summed E-state index contributed by atoms with van der Waals surface area (Å²) in [5.41, 5.74) is 2.41. The van der Waals surface area contributed by atoms with Crippen LogP contribution in [-0.4, -0.2) is 35.7 Å². The minimum absolute atomic E-state index is 0.0446. The van der Waals surface area contributed by atoms with Crippen molar-refractivity contribution in [2.75, 3.05) is 11.9 Å². The Labute approximate surface area is 192 Å². The van der Waals surface area contributed by atoms with Crippen LogP contribution in [0.4, 0.5) is 5.69 Å². The molecule has 1 saturated carbocycles. The molecule has 0 bridgehead atoms. The van der Waals surface area contributed by atoms with E-state index < -0.39 is 5.91 Å². The van der Waals surface area contributed by atoms with Crippen LogP contribution in [0.3, 0.4) is 0 Å². The summed E-state index contributed by atoms with van der Waals surface area (Å²) in [5, 5.41) is 2.99. The van der Waals surface area contributed by atoms with E-state index in [1.807, 2.05) is 42.5 Å². The summed E-state index contributed by atoms with van der Waals surface area (Å²) in [6.07, 6.45) is 4.85. The van der Waals surface area contributed by atoms with E-state index >= 15 is 0 Å². The van der Waals surface area contributed by atoms with Gasteiger partial charge >= 0.3 is 0 Å². The molecule has 1 aliphatic carbocycles. The number of benzene rings is 2. The molecule has 0 spiro atoms. The molecule has 0 unspecified atom stereocenters. The fourth-order valence-electron chi connectivity index (χ4n) is 4.26. The molecule has 6 nitrogen and oxygen atoms in total. The lowest BCUT2D eigenvalue weighted by Crippen LogP contribution is -2.43. The van der Waals surface area contributed by atoms with E-state index in [1.165, 1.54) is 4.90 Å². The van der Waals surface area contributed by atoms with Crippen LogP contribution in [0.25, 0.3) is 0 Å². The molecule has 166 valence electrons. The largest absolute Gasteiger partial charge is 0.375 e. The van der Waals surface area contributed by atoms with Gasteiger partial charge in [-0.1, -0.05) is 61.2 Å². The Morgan fingerprint density at radius 1 is 1.00 bits per heavy atom. The highest BCUT2D eigenvalue weighted by Crippen LogP contribution is 2.30. The molecule has 1 fully saturated rings. The molecule has 0 radical (unpaired) electrons. The second-order valence-corrected chi connectivity index (χ2v) is 8.59. The van der Waals surface area contributed by atoms with Crippen molar-refractivity contribution in [3.8, 4) is 0 Å². The Balaban J connectivity index is 1.39. The summed E-state index contributed by atoms with van der Waals surface area (Å²) in [6, 6.07) is 16.5. The summed E-state index contributed by atoms with van der Waals surface area (Å²) in [5.74, 6) is -0.861. The predicted molar refractivity (Wildman–Crippen MR) is 124 cm³/mol. The molecule has 0 saturated heterocycles. The van der Waals surface area contributed by atoms with Crippen molar-refractivity contribution in [2.45, 2.75) is 44.7 Å². The third-order valence-electron chi connectivity index (χ3n) is 6.12. The first kappa shape index (κ1) is 22.1. The van der Waals surface area contributed by atoms with E-state index in [0.29, 0.717) is 12.1 Å². The fourth-order valence-corrected chi connectivity index (χ4v) is 4.50. The Morgan fingerprint density at radius 2 is 1.66 bits per heavy atom. The second kappa shape index (κ2) is 9.57. The first-order chi connectivity index (χ1) is 15.5. The molecule has 0 atom stereocenters. The molecule has 2 aromatic carbocycles. The normalized spacial score (nSPS) is 17.1. The third-order valence-corrected chi connectivity index (χ3v) is 6.47. The first-order valence-electron chi connectivity index (χ1n) is 10.9. The number of imide groups is 1. The van der Waals surface area contributed by atoms with Crippen molar-refractivity contribution < 1.29 is 14.4 Å². The van der Waals surface area contributed by atoms with Gasteiger partial charge in [0.25, 0.3) is 17.7 Å². The van der Waals surface area contributed by atoms with Gasteiger partial charge in [-0.15, -0.1) is 0 Å². The highest BCUT2D eigenvalue weighted by atomic mass is 35.5. The number of nitrogens with one attached hydrogen (secondary N) is 1. The number of amides is 3. The van der Waals surface area contributed by atoms with Crippen molar-refractivity contribution in [2.24, 2.45) is 0 Å². The Kier molecular flexibility index (Phi) is 6.61. The number of carbonyl (C=O) groups is 3. The Morgan fingerprint density at radius 3 is 2.31 bits per heavy atom. The number of halogens is 1. The lowest BCUT2D eigenvalue weighted by Gasteiger charge is -2.29. The van der Waals surface area contributed by atoms with Crippen LogP contribution < -0.4 is 10.2 Å². The topological polar surface area (TPSA) is 69.7 Å². The van der Waals surface area contributed by atoms with E-state index in [4.69, 9.17) is 11.6 Å². The highest BCUT2D eigenvalue weighted by Gasteiger charge is 2.41. The van der Waals surface area contributed by atoms with E-state index in [9.17, 15) is 14.4 Å². The zero-order chi connectivity index (χ0) is 22.7. The second-order valence-electron chi connectivity index (χ2n) is 8.21. The number of hydrogen-bond acceptors (Lipinski definition) is 4. The first-order valence-corrected chi connectivity index (χ1v) is 11.3. The van der Waals surface area contributed by atoms with Crippen LogP contribution >= 0.6 is 11.6 Å². The van der Waals surface area contributed by atoms with Gasteiger partial charge in [-0.2, -0.15) is 0 Å². The third kappa shape index (κ3) is 4.41. The lowest BCUT2D eigenvalue weighted by atomic mass is 9.94. The van der Waals surface area contributed by atoms with Gasteiger partial charge in [0.2, 0.25) is 0 Å². The minimum atomic E-state index is -0.407. The van der Waals surface area contributed by atoms with Gasteiger partial charge in [-0.25, -0.2) is 0 Å². The lowest BCUT2D eigenvalue weighted by molar-refractivity contribution is -0.140. The summed E-state index contributed by atoms with van der Waals surface area (Å²) < 4.78 is 0. The van der Waals surface area contributed by atoms with Gasteiger partial charge in [0.05, 0.1) is 0 Å². The fraction of sp³-hybridized carbons (Fsp3) is 0.320. The molecule has 2 aromatic rings. The maximum atomic E-state index is 12.9. The number of hydrogen-bond donors (Lipinski definition) is 1. The molecule has 32 heavy (non-hydrogen) atoms. The van der Waals surface area contributed by atoms with Gasteiger partial charge < -0.3 is 10.2 Å². The van der Waals surface area contributed by atoms with Crippen molar-refractivity contribution in [3.05, 3.63) is 76.5 Å². The standard InChI is InChI=1S/C25H26ClN3O3/c1-28(19-8-4-2-5-9-19)23(30)18-14-12-17(13-15-18)16-27-22-21(26)24(31)29(25(22)32)20-10-6-3-7-11-20/h2,4-5,8-9,12-15,20,27H,3,6-7,10-11,16H2,1H3. The van der Waals surface area contributed by atoms with Gasteiger partial charge in [0.15, 0.2) is 0 Å². The van der Waals surface area contributed by atoms with Gasteiger partial charge in [-0.3, -0.25) is 19.3 Å². The number of para-hydroxylation sites is 1. The highest BCUT2D eigenvalue weighted by molar-refractivity contribution is 6.47. The molecule has 1 N–H and O–H groups in total. The molecular formula is C25H26ClN3O3. The van der Waals surface area contributed by atoms with Crippen LogP contribution in [0.15, 0.2) is 65.3 Å². The van der Waals surface area contributed by atoms with E-state index in [1.54, 1.807) is 24.1 Å². The van der Waals surface area contributed by atoms with Crippen molar-refractivity contribution in [1.82, 2.24) is 10.2 Å². The van der Waals surface area contributed by atoms with Crippen molar-refractivity contribution in [1.29, 1.82) is 0 Å². The van der Waals surface area contributed by atoms with E-state index in [0.717, 1.165) is 43.4 Å². The van der Waals surface area contributed by atoms with Crippen LogP contribution in [0.2, 0.25) is 0 Å². The molecule has 1 aliphatic heterocycles. The number of anilines is 1. The molecular weight excluding hydrogens is 426 g/mol. The monoisotopic (exact) mass is 451 g/mol. The SMILES string of the molecule is CN(C(=O)c1ccc(CNC2=C(Cl)C(=O)N(C3CCCCC3)C2=O)cc1)c1ccccc1. The van der Waals surface area contributed by atoms with E-state index in [-0.39, 0.29) is 28.6 Å².